The van der Waals surface area contributed by atoms with Gasteiger partial charge in [-0.05, 0) is 29.3 Å². The average molecular weight is 351 g/mol. The van der Waals surface area contributed by atoms with E-state index in [-0.39, 0.29) is 5.91 Å². The van der Waals surface area contributed by atoms with E-state index in [0.717, 1.165) is 43.9 Å². The minimum Gasteiger partial charge on any atom is -0.379 e. The van der Waals surface area contributed by atoms with Gasteiger partial charge in [0.15, 0.2) is 0 Å². The van der Waals surface area contributed by atoms with Crippen molar-refractivity contribution in [3.63, 3.8) is 0 Å². The highest BCUT2D eigenvalue weighted by Gasteiger charge is 2.11. The van der Waals surface area contributed by atoms with E-state index < -0.39 is 0 Å². The molecular weight excluding hydrogens is 330 g/mol. The van der Waals surface area contributed by atoms with E-state index in [1.165, 1.54) is 5.56 Å². The summed E-state index contributed by atoms with van der Waals surface area (Å²) in [6.07, 6.45) is 0. The maximum atomic E-state index is 12.3. The number of H-pyrrole nitrogens is 1. The number of carbonyl (C=O) groups excluding carboxylic acids is 1. The molecule has 7 nitrogen and oxygen atoms in total. The van der Waals surface area contributed by atoms with Gasteiger partial charge in [-0.25, -0.2) is 0 Å². The Labute approximate surface area is 151 Å². The molecule has 1 aliphatic heterocycles. The van der Waals surface area contributed by atoms with E-state index in [9.17, 15) is 4.79 Å². The van der Waals surface area contributed by atoms with Crippen LogP contribution >= 0.6 is 0 Å². The lowest BCUT2D eigenvalue weighted by atomic mass is 10.1. The quantitative estimate of drug-likeness (QED) is 0.731. The molecule has 0 saturated carbocycles. The predicted octanol–water partition coefficient (Wildman–Crippen LogP) is 1.72. The van der Waals surface area contributed by atoms with Crippen LogP contribution in [0.4, 0.5) is 0 Å². The number of rotatable bonds is 5. The summed E-state index contributed by atoms with van der Waals surface area (Å²) in [5, 5.41) is 13.5. The summed E-state index contributed by atoms with van der Waals surface area (Å²) in [7, 11) is 0. The molecule has 2 heterocycles. The van der Waals surface area contributed by atoms with Gasteiger partial charge in [0.2, 0.25) is 0 Å². The third kappa shape index (κ3) is 3.89. The van der Waals surface area contributed by atoms with Gasteiger partial charge in [0, 0.05) is 31.7 Å². The molecule has 0 aliphatic carbocycles. The number of fused-ring (bicyclic) bond motifs is 1. The first-order chi connectivity index (χ1) is 12.8. The molecule has 0 bridgehead atoms. The van der Waals surface area contributed by atoms with E-state index in [4.69, 9.17) is 4.74 Å². The maximum Gasteiger partial charge on any atom is 0.251 e. The van der Waals surface area contributed by atoms with Crippen LogP contribution in [0.3, 0.4) is 0 Å². The van der Waals surface area contributed by atoms with Crippen LogP contribution in [0, 0.1) is 0 Å². The summed E-state index contributed by atoms with van der Waals surface area (Å²) in [4.78, 5) is 14.7. The Bertz CT molecular complexity index is 884. The van der Waals surface area contributed by atoms with Crippen LogP contribution in [-0.4, -0.2) is 52.5 Å². The molecule has 1 aliphatic rings. The second-order valence-corrected chi connectivity index (χ2v) is 6.41. The molecule has 1 aromatic heterocycles. The third-order valence-corrected chi connectivity index (χ3v) is 4.56. The molecule has 1 amide bonds. The Balaban J connectivity index is 1.32. The predicted molar refractivity (Wildman–Crippen MR) is 97.6 cm³/mol. The number of aromatic nitrogens is 3. The highest BCUT2D eigenvalue weighted by molar-refractivity contribution is 5.97. The van der Waals surface area contributed by atoms with Crippen molar-refractivity contribution in [2.75, 3.05) is 26.3 Å². The average Bonchev–Trinajstić information content (AvgIpc) is 3.16. The van der Waals surface area contributed by atoms with Gasteiger partial charge in [-0.15, -0.1) is 0 Å². The number of morpholine rings is 1. The number of amides is 1. The summed E-state index contributed by atoms with van der Waals surface area (Å²) in [6.45, 7) is 5.01. The SMILES string of the molecule is O=C(NCc1ccc(CN2CCOCC2)cc1)c1ccc2n[nH]nc2c1. The number of hydrogen-bond donors (Lipinski definition) is 2. The monoisotopic (exact) mass is 351 g/mol. The standard InChI is InChI=1S/C19H21N5O2/c25-19(16-5-6-17-18(11-16)22-23-21-17)20-12-14-1-3-15(4-2-14)13-24-7-9-26-10-8-24/h1-6,11H,7-10,12-13H2,(H,20,25)(H,21,22,23). The smallest absolute Gasteiger partial charge is 0.251 e. The summed E-state index contributed by atoms with van der Waals surface area (Å²) in [5.41, 5.74) is 4.36. The number of nitrogens with zero attached hydrogens (tertiary/aromatic N) is 3. The minimum absolute atomic E-state index is 0.118. The zero-order chi connectivity index (χ0) is 17.8. The number of carbonyl (C=O) groups is 1. The van der Waals surface area contributed by atoms with Crippen LogP contribution in [0.1, 0.15) is 21.5 Å². The number of nitrogens with one attached hydrogen (secondary N) is 2. The summed E-state index contributed by atoms with van der Waals surface area (Å²) >= 11 is 0. The highest BCUT2D eigenvalue weighted by atomic mass is 16.5. The molecular formula is C19H21N5O2. The molecule has 134 valence electrons. The molecule has 0 spiro atoms. The highest BCUT2D eigenvalue weighted by Crippen LogP contribution is 2.12. The second kappa shape index (κ2) is 7.63. The van der Waals surface area contributed by atoms with Gasteiger partial charge in [-0.3, -0.25) is 9.69 Å². The minimum atomic E-state index is -0.118. The number of benzene rings is 2. The van der Waals surface area contributed by atoms with E-state index in [0.29, 0.717) is 17.6 Å². The van der Waals surface area contributed by atoms with Gasteiger partial charge in [0.1, 0.15) is 11.0 Å². The molecule has 4 rings (SSSR count). The second-order valence-electron chi connectivity index (χ2n) is 6.41. The lowest BCUT2D eigenvalue weighted by Crippen LogP contribution is -2.35. The van der Waals surface area contributed by atoms with Crippen LogP contribution in [0.15, 0.2) is 42.5 Å². The van der Waals surface area contributed by atoms with Gasteiger partial charge < -0.3 is 10.1 Å². The summed E-state index contributed by atoms with van der Waals surface area (Å²) in [6, 6.07) is 13.7. The lowest BCUT2D eigenvalue weighted by molar-refractivity contribution is 0.0342. The van der Waals surface area contributed by atoms with Crippen molar-refractivity contribution >= 4 is 16.9 Å². The van der Waals surface area contributed by atoms with Crippen molar-refractivity contribution in [3.8, 4) is 0 Å². The molecule has 3 aromatic rings. The molecule has 0 radical (unpaired) electrons. The van der Waals surface area contributed by atoms with Crippen molar-refractivity contribution in [2.45, 2.75) is 13.1 Å². The van der Waals surface area contributed by atoms with Gasteiger partial charge in [0.25, 0.3) is 5.91 Å². The third-order valence-electron chi connectivity index (χ3n) is 4.56. The zero-order valence-corrected chi connectivity index (χ0v) is 14.4. The molecule has 7 heteroatoms. The Hall–Kier alpha value is -2.77. The van der Waals surface area contributed by atoms with Crippen LogP contribution in [0.5, 0.6) is 0 Å². The molecule has 0 atom stereocenters. The first-order valence-electron chi connectivity index (χ1n) is 8.74. The Morgan fingerprint density at radius 1 is 1.04 bits per heavy atom. The topological polar surface area (TPSA) is 83.1 Å². The van der Waals surface area contributed by atoms with Gasteiger partial charge >= 0.3 is 0 Å². The van der Waals surface area contributed by atoms with E-state index >= 15 is 0 Å². The first-order valence-corrected chi connectivity index (χ1v) is 8.74. The maximum absolute atomic E-state index is 12.3. The molecule has 1 saturated heterocycles. The fourth-order valence-electron chi connectivity index (χ4n) is 3.05. The van der Waals surface area contributed by atoms with Gasteiger partial charge in [-0.2, -0.15) is 15.4 Å². The zero-order valence-electron chi connectivity index (χ0n) is 14.4. The van der Waals surface area contributed by atoms with Crippen molar-refractivity contribution < 1.29 is 9.53 Å². The van der Waals surface area contributed by atoms with Crippen LogP contribution in [0.2, 0.25) is 0 Å². The number of ether oxygens (including phenoxy) is 1. The van der Waals surface area contributed by atoms with Crippen molar-refractivity contribution in [3.05, 3.63) is 59.2 Å². The first kappa shape index (κ1) is 16.7. The largest absolute Gasteiger partial charge is 0.379 e. The fraction of sp³-hybridized carbons (Fsp3) is 0.316. The Kier molecular flexibility index (Phi) is 4.90. The van der Waals surface area contributed by atoms with Crippen molar-refractivity contribution in [2.24, 2.45) is 0 Å². The van der Waals surface area contributed by atoms with E-state index in [2.05, 4.69) is 49.9 Å². The molecule has 1 fully saturated rings. The summed E-state index contributed by atoms with van der Waals surface area (Å²) < 4.78 is 5.38. The summed E-state index contributed by atoms with van der Waals surface area (Å²) in [5.74, 6) is -0.118. The van der Waals surface area contributed by atoms with Crippen molar-refractivity contribution in [1.82, 2.24) is 25.6 Å². The molecule has 0 unspecified atom stereocenters. The fourth-order valence-corrected chi connectivity index (χ4v) is 3.05. The lowest BCUT2D eigenvalue weighted by Gasteiger charge is -2.26. The van der Waals surface area contributed by atoms with Crippen LogP contribution in [-0.2, 0) is 17.8 Å². The van der Waals surface area contributed by atoms with Crippen LogP contribution < -0.4 is 5.32 Å². The normalized spacial score (nSPS) is 15.2. The Morgan fingerprint density at radius 2 is 1.77 bits per heavy atom. The van der Waals surface area contributed by atoms with Crippen LogP contribution in [0.25, 0.3) is 11.0 Å². The molecule has 2 N–H and O–H groups in total. The number of hydrogen-bond acceptors (Lipinski definition) is 5. The number of aromatic amines is 1. The van der Waals surface area contributed by atoms with Gasteiger partial charge in [0.05, 0.1) is 13.2 Å². The van der Waals surface area contributed by atoms with Crippen molar-refractivity contribution in [1.29, 1.82) is 0 Å². The Morgan fingerprint density at radius 3 is 2.58 bits per heavy atom. The van der Waals surface area contributed by atoms with E-state index in [1.807, 2.05) is 0 Å². The molecule has 26 heavy (non-hydrogen) atoms. The van der Waals surface area contributed by atoms with E-state index in [1.54, 1.807) is 18.2 Å². The molecule has 2 aromatic carbocycles. The van der Waals surface area contributed by atoms with Gasteiger partial charge in [-0.1, -0.05) is 24.3 Å².